The number of amides is 3. The molecule has 0 aliphatic heterocycles. The summed E-state index contributed by atoms with van der Waals surface area (Å²) in [7, 11) is 0. The summed E-state index contributed by atoms with van der Waals surface area (Å²) in [5.74, 6) is -5.98. The Kier molecular flexibility index (Phi) is 14.4. The van der Waals surface area contributed by atoms with Crippen LogP contribution in [0.1, 0.15) is 54.4 Å². The third kappa shape index (κ3) is 12.0. The Balaban J connectivity index is 1.77. The number of aliphatic carboxylic acids is 4. The van der Waals surface area contributed by atoms with Crippen LogP contribution < -0.4 is 26.4 Å². The molecular weight excluding hydrogens is 684 g/mol. The van der Waals surface area contributed by atoms with Gasteiger partial charge in [0.05, 0.1) is 23.8 Å². The highest BCUT2D eigenvalue weighted by molar-refractivity contribution is 5.99. The van der Waals surface area contributed by atoms with Crippen LogP contribution in [0.5, 0.6) is 0 Å². The quantitative estimate of drug-likeness (QED) is 0.0730. The molecule has 0 unspecified atom stereocenters. The van der Waals surface area contributed by atoms with E-state index in [1.165, 1.54) is 18.5 Å². The van der Waals surface area contributed by atoms with Gasteiger partial charge < -0.3 is 46.3 Å². The molecule has 0 radical (unpaired) electrons. The minimum absolute atomic E-state index is 0.0590. The Bertz CT molecular complexity index is 1920. The maximum Gasteiger partial charge on any atom is 0.326 e. The van der Waals surface area contributed by atoms with Crippen LogP contribution in [0.15, 0.2) is 53.6 Å². The first kappa shape index (κ1) is 39.7. The molecule has 1 heterocycles. The lowest BCUT2D eigenvalue weighted by Gasteiger charge is -2.24. The number of aromatic amines is 1. The summed E-state index contributed by atoms with van der Waals surface area (Å²) >= 11 is 0. The van der Waals surface area contributed by atoms with Crippen molar-refractivity contribution in [2.75, 3.05) is 11.4 Å². The molecule has 0 spiro atoms. The normalized spacial score (nSPS) is 12.4. The van der Waals surface area contributed by atoms with Gasteiger partial charge in [0.15, 0.2) is 0 Å². The van der Waals surface area contributed by atoms with Crippen LogP contribution in [0.4, 0.5) is 5.69 Å². The Hall–Kier alpha value is -6.77. The molecule has 18 heteroatoms. The van der Waals surface area contributed by atoms with Crippen LogP contribution in [-0.4, -0.2) is 96.7 Å². The van der Waals surface area contributed by atoms with E-state index in [1.54, 1.807) is 35.2 Å². The number of aromatic nitrogens is 2. The molecule has 3 rings (SSSR count). The van der Waals surface area contributed by atoms with Crippen molar-refractivity contribution in [1.82, 2.24) is 25.9 Å². The number of anilines is 1. The molecule has 274 valence electrons. The summed E-state index contributed by atoms with van der Waals surface area (Å²) in [6.45, 7) is 0.453. The molecule has 0 bridgehead atoms. The molecule has 1 aromatic heterocycles. The summed E-state index contributed by atoms with van der Waals surface area (Å²) in [6.07, 6.45) is 3.60. The number of carboxylic acid groups (broad SMARTS) is 4. The summed E-state index contributed by atoms with van der Waals surface area (Å²) < 4.78 is 0. The molecule has 3 atom stereocenters. The average molecular weight is 721 g/mol. The zero-order chi connectivity index (χ0) is 38.4. The van der Waals surface area contributed by atoms with E-state index in [0.717, 1.165) is 5.56 Å². The van der Waals surface area contributed by atoms with Gasteiger partial charge in [0.1, 0.15) is 18.1 Å². The van der Waals surface area contributed by atoms with E-state index in [4.69, 9.17) is 16.6 Å². The number of H-pyrrole nitrogens is 1. The van der Waals surface area contributed by atoms with E-state index in [0.29, 0.717) is 23.1 Å². The molecule has 18 nitrogen and oxygen atoms in total. The van der Waals surface area contributed by atoms with Crippen LogP contribution in [0.25, 0.3) is 10.9 Å². The number of carboxylic acids is 4. The molecule has 0 saturated carbocycles. The highest BCUT2D eigenvalue weighted by Gasteiger charge is 2.30. The van der Waals surface area contributed by atoms with Crippen molar-refractivity contribution < 1.29 is 54.0 Å². The van der Waals surface area contributed by atoms with Crippen molar-refractivity contribution in [1.29, 1.82) is 0 Å². The zero-order valence-corrected chi connectivity index (χ0v) is 27.5. The molecular formula is C34H36N6O12. The molecule has 0 aliphatic carbocycles. The molecule has 8 N–H and O–H groups in total. The Morgan fingerprint density at radius 3 is 1.85 bits per heavy atom. The minimum Gasteiger partial charge on any atom is -0.481 e. The fourth-order valence-corrected chi connectivity index (χ4v) is 4.99. The lowest BCUT2D eigenvalue weighted by atomic mass is 10.1. The second kappa shape index (κ2) is 18.8. The van der Waals surface area contributed by atoms with Gasteiger partial charge in [-0.1, -0.05) is 12.0 Å². The van der Waals surface area contributed by atoms with E-state index >= 15 is 0 Å². The Morgan fingerprint density at radius 2 is 1.31 bits per heavy atom. The molecule has 2 aromatic carbocycles. The van der Waals surface area contributed by atoms with Gasteiger partial charge in [-0.05, 0) is 61.2 Å². The van der Waals surface area contributed by atoms with E-state index < -0.39 is 98.2 Å². The standard InChI is InChI=1S/C34H36N6O12/c1-2-15-40(17-19-3-8-23-22(16-19)31(48)36-18-35-23)21-6-4-20(5-7-21)30(47)37-24(9-12-27(41)42)32(49)38-25(10-13-28(43)44)33(50)39-26(34(51)52)11-14-29(45)46/h1,3-8,16,18,24-26H,9-15,17H2,(H,37,47)(H,38,49)(H,39,50)(H,41,42)(H,43,44)(H,45,46)(H,51,52)(H,35,36,48)/t24-,25-,26-/m0/s1. The lowest BCUT2D eigenvalue weighted by molar-refractivity contribution is -0.144. The zero-order valence-electron chi connectivity index (χ0n) is 27.5. The average Bonchev–Trinajstić information content (AvgIpc) is 3.09. The topological polar surface area (TPSA) is 285 Å². The van der Waals surface area contributed by atoms with Gasteiger partial charge in [-0.2, -0.15) is 0 Å². The highest BCUT2D eigenvalue weighted by atomic mass is 16.4. The van der Waals surface area contributed by atoms with Crippen molar-refractivity contribution in [2.24, 2.45) is 0 Å². The fraction of sp³-hybridized carbons (Fsp3) is 0.324. The predicted molar refractivity (Wildman–Crippen MR) is 182 cm³/mol. The van der Waals surface area contributed by atoms with Crippen LogP contribution in [0, 0.1) is 12.3 Å². The highest BCUT2D eigenvalue weighted by Crippen LogP contribution is 2.20. The number of carbonyl (C=O) groups is 7. The second-order valence-corrected chi connectivity index (χ2v) is 11.5. The van der Waals surface area contributed by atoms with Gasteiger partial charge >= 0.3 is 23.9 Å². The van der Waals surface area contributed by atoms with E-state index in [9.17, 15) is 48.6 Å². The van der Waals surface area contributed by atoms with Gasteiger partial charge in [-0.15, -0.1) is 6.42 Å². The number of fused-ring (bicyclic) bond motifs is 1. The van der Waals surface area contributed by atoms with E-state index in [1.807, 2.05) is 0 Å². The van der Waals surface area contributed by atoms with Gasteiger partial charge in [-0.3, -0.25) is 33.6 Å². The largest absolute Gasteiger partial charge is 0.481 e. The summed E-state index contributed by atoms with van der Waals surface area (Å²) in [6, 6.07) is 6.37. The van der Waals surface area contributed by atoms with Crippen molar-refractivity contribution >= 4 is 58.2 Å². The van der Waals surface area contributed by atoms with Crippen molar-refractivity contribution in [3.05, 3.63) is 70.3 Å². The fourth-order valence-electron chi connectivity index (χ4n) is 4.99. The van der Waals surface area contributed by atoms with Gasteiger partial charge in [-0.25, -0.2) is 9.78 Å². The number of rotatable bonds is 20. The van der Waals surface area contributed by atoms with Crippen LogP contribution in [-0.2, 0) is 35.3 Å². The molecule has 3 amide bonds. The molecule has 0 aliphatic rings. The Morgan fingerprint density at radius 1 is 0.769 bits per heavy atom. The minimum atomic E-state index is -1.68. The van der Waals surface area contributed by atoms with Crippen molar-refractivity contribution in [2.45, 2.75) is 63.2 Å². The molecule has 52 heavy (non-hydrogen) atoms. The van der Waals surface area contributed by atoms with Gasteiger partial charge in [0.2, 0.25) is 11.8 Å². The first-order valence-corrected chi connectivity index (χ1v) is 15.7. The van der Waals surface area contributed by atoms with Crippen LogP contribution in [0.3, 0.4) is 0 Å². The van der Waals surface area contributed by atoms with Crippen LogP contribution in [0.2, 0.25) is 0 Å². The SMILES string of the molecule is C#CCN(Cc1ccc2nc[nH]c(=O)c2c1)c1ccc(C(=O)N[C@@H](CCC(=O)O)C(=O)N[C@@H](CCC(=O)O)C(=O)N[C@@H](CCC(=O)O)C(=O)O)cc1. The first-order chi connectivity index (χ1) is 24.7. The number of nitrogens with one attached hydrogen (secondary N) is 4. The third-order valence-electron chi connectivity index (χ3n) is 7.67. The first-order valence-electron chi connectivity index (χ1n) is 15.7. The molecule has 0 saturated heterocycles. The van der Waals surface area contributed by atoms with Crippen molar-refractivity contribution in [3.63, 3.8) is 0 Å². The third-order valence-corrected chi connectivity index (χ3v) is 7.67. The summed E-state index contributed by atoms with van der Waals surface area (Å²) in [5.41, 5.74) is 1.62. The summed E-state index contributed by atoms with van der Waals surface area (Å²) in [4.78, 5) is 105. The Labute approximate surface area is 295 Å². The van der Waals surface area contributed by atoms with Crippen molar-refractivity contribution in [3.8, 4) is 12.3 Å². The number of hydrogen-bond donors (Lipinski definition) is 8. The van der Waals surface area contributed by atoms with E-state index in [2.05, 4.69) is 31.8 Å². The van der Waals surface area contributed by atoms with Crippen LogP contribution >= 0.6 is 0 Å². The number of hydrogen-bond acceptors (Lipinski definition) is 10. The van der Waals surface area contributed by atoms with E-state index in [-0.39, 0.29) is 17.7 Å². The summed E-state index contributed by atoms with van der Waals surface area (Å²) in [5, 5.41) is 43.8. The molecule has 0 fully saturated rings. The monoisotopic (exact) mass is 720 g/mol. The number of terminal acetylenes is 1. The maximum atomic E-state index is 13.3. The molecule has 3 aromatic rings. The second-order valence-electron chi connectivity index (χ2n) is 11.5. The van der Waals surface area contributed by atoms with Gasteiger partial charge in [0.25, 0.3) is 11.5 Å². The number of benzene rings is 2. The lowest BCUT2D eigenvalue weighted by Crippen LogP contribution is -2.56. The smallest absolute Gasteiger partial charge is 0.326 e. The van der Waals surface area contributed by atoms with Gasteiger partial charge in [0, 0.05) is 37.1 Å². The number of carbonyl (C=O) groups excluding carboxylic acids is 3. The predicted octanol–water partition coefficient (Wildman–Crippen LogP) is 0.310. The maximum absolute atomic E-state index is 13.3. The number of nitrogens with zero attached hydrogens (tertiary/aromatic N) is 2.